The molecule has 1 spiro atoms. The van der Waals surface area contributed by atoms with Crippen LogP contribution < -0.4 is 0 Å². The summed E-state index contributed by atoms with van der Waals surface area (Å²) in [6, 6.07) is 1.77. The number of thiophene rings is 1. The number of carbonyl (C=O) groups is 2. The van der Waals surface area contributed by atoms with E-state index in [1.807, 2.05) is 17.2 Å². The van der Waals surface area contributed by atoms with Crippen molar-refractivity contribution in [2.45, 2.75) is 38.2 Å². The monoisotopic (exact) mass is 392 g/mol. The lowest BCUT2D eigenvalue weighted by Crippen LogP contribution is -2.48. The highest BCUT2D eigenvalue weighted by molar-refractivity contribution is 7.14. The maximum Gasteiger partial charge on any atom is 0.345 e. The third-order valence-electron chi connectivity index (χ3n) is 5.14. The van der Waals surface area contributed by atoms with Gasteiger partial charge in [-0.25, -0.2) is 9.78 Å². The van der Waals surface area contributed by atoms with Gasteiger partial charge < -0.3 is 14.7 Å². The zero-order valence-corrected chi connectivity index (χ0v) is 16.1. The summed E-state index contributed by atoms with van der Waals surface area (Å²) in [5.41, 5.74) is 1.41. The molecule has 2 aliphatic heterocycles. The molecule has 0 bridgehead atoms. The molecule has 0 aromatic carbocycles. The van der Waals surface area contributed by atoms with Crippen molar-refractivity contribution in [1.29, 1.82) is 0 Å². The van der Waals surface area contributed by atoms with Crippen molar-refractivity contribution in [2.75, 3.05) is 19.7 Å². The van der Waals surface area contributed by atoms with Gasteiger partial charge in [0.1, 0.15) is 4.88 Å². The van der Waals surface area contributed by atoms with E-state index in [1.165, 1.54) is 11.3 Å². The average Bonchev–Trinajstić information content (AvgIpc) is 3.23. The number of nitrogens with zero attached hydrogens (tertiary/aromatic N) is 2. The third-order valence-corrected chi connectivity index (χ3v) is 7.15. The summed E-state index contributed by atoms with van der Waals surface area (Å²) in [6.07, 6.45) is 2.52. The van der Waals surface area contributed by atoms with Crippen LogP contribution in [-0.2, 0) is 28.0 Å². The van der Waals surface area contributed by atoms with Gasteiger partial charge in [0.25, 0.3) is 0 Å². The Morgan fingerprint density at radius 2 is 2.15 bits per heavy atom. The normalized spacial score (nSPS) is 18.7. The highest BCUT2D eigenvalue weighted by Gasteiger charge is 2.43. The third kappa shape index (κ3) is 3.17. The van der Waals surface area contributed by atoms with Gasteiger partial charge in [-0.3, -0.25) is 4.79 Å². The molecule has 1 fully saturated rings. The van der Waals surface area contributed by atoms with Gasteiger partial charge in [-0.05, 0) is 31.4 Å². The molecule has 2 aromatic heterocycles. The average molecular weight is 393 g/mol. The number of fused-ring (bicyclic) bond motifs is 2. The Bertz CT molecular complexity index is 849. The standard InChI is InChI=1S/C18H20N2O4S2/c1-11-19-12(10-25-11)8-16(21)20-5-3-18(4-6-20)13-9-15(17(22)23)26-14(13)2-7-24-18/h9-10H,2-8H2,1H3,(H,22,23). The molecule has 0 radical (unpaired) electrons. The number of amides is 1. The van der Waals surface area contributed by atoms with Crippen molar-refractivity contribution in [3.63, 3.8) is 0 Å². The molecule has 138 valence electrons. The molecule has 1 amide bonds. The lowest BCUT2D eigenvalue weighted by molar-refractivity contribution is -0.140. The molecular formula is C18H20N2O4S2. The van der Waals surface area contributed by atoms with Crippen LogP contribution in [0.3, 0.4) is 0 Å². The van der Waals surface area contributed by atoms with E-state index in [4.69, 9.17) is 4.74 Å². The van der Waals surface area contributed by atoms with E-state index >= 15 is 0 Å². The molecule has 2 aromatic rings. The number of hydrogen-bond donors (Lipinski definition) is 1. The fourth-order valence-corrected chi connectivity index (χ4v) is 5.49. The van der Waals surface area contributed by atoms with Gasteiger partial charge in [0.2, 0.25) is 5.91 Å². The smallest absolute Gasteiger partial charge is 0.345 e. The number of piperidine rings is 1. The van der Waals surface area contributed by atoms with Crippen LogP contribution in [0.4, 0.5) is 0 Å². The van der Waals surface area contributed by atoms with Crippen LogP contribution in [0, 0.1) is 6.92 Å². The van der Waals surface area contributed by atoms with Crippen LogP contribution in [-0.4, -0.2) is 46.6 Å². The fraction of sp³-hybridized carbons (Fsp3) is 0.500. The molecule has 1 N–H and O–H groups in total. The molecule has 8 heteroatoms. The molecular weight excluding hydrogens is 372 g/mol. The number of ether oxygens (including phenoxy) is 1. The second-order valence-corrected chi connectivity index (χ2v) is 8.96. The maximum absolute atomic E-state index is 12.6. The van der Waals surface area contributed by atoms with E-state index in [2.05, 4.69) is 4.98 Å². The number of aryl methyl sites for hydroxylation is 1. The molecule has 4 rings (SSSR count). The SMILES string of the molecule is Cc1nc(CC(=O)N2CCC3(CC2)OCCc2sc(C(=O)O)cc23)cs1. The lowest BCUT2D eigenvalue weighted by Gasteiger charge is -2.44. The number of aromatic carboxylic acids is 1. The first-order valence-corrected chi connectivity index (χ1v) is 10.4. The van der Waals surface area contributed by atoms with Crippen LogP contribution in [0.15, 0.2) is 11.4 Å². The van der Waals surface area contributed by atoms with E-state index in [0.717, 1.165) is 27.6 Å². The topological polar surface area (TPSA) is 79.7 Å². The number of carboxylic acids is 1. The van der Waals surface area contributed by atoms with E-state index in [1.54, 1.807) is 17.4 Å². The molecule has 0 aliphatic carbocycles. The minimum absolute atomic E-state index is 0.0951. The number of rotatable bonds is 3. The zero-order valence-electron chi connectivity index (χ0n) is 14.5. The molecule has 26 heavy (non-hydrogen) atoms. The minimum atomic E-state index is -0.884. The molecule has 2 aliphatic rings. The number of hydrogen-bond acceptors (Lipinski definition) is 6. The van der Waals surface area contributed by atoms with Gasteiger partial charge in [-0.15, -0.1) is 22.7 Å². The predicted molar refractivity (Wildman–Crippen MR) is 99.0 cm³/mol. The van der Waals surface area contributed by atoms with E-state index in [-0.39, 0.29) is 5.91 Å². The molecule has 0 unspecified atom stereocenters. The van der Waals surface area contributed by atoms with Crippen molar-refractivity contribution in [2.24, 2.45) is 0 Å². The highest BCUT2D eigenvalue weighted by Crippen LogP contribution is 2.44. The Balaban J connectivity index is 1.46. The Morgan fingerprint density at radius 3 is 2.81 bits per heavy atom. The Hall–Kier alpha value is -1.77. The lowest BCUT2D eigenvalue weighted by atomic mass is 9.82. The largest absolute Gasteiger partial charge is 0.477 e. The molecule has 1 saturated heterocycles. The first-order valence-electron chi connectivity index (χ1n) is 8.66. The van der Waals surface area contributed by atoms with Gasteiger partial charge in [-0.1, -0.05) is 0 Å². The van der Waals surface area contributed by atoms with Crippen molar-refractivity contribution >= 4 is 34.6 Å². The van der Waals surface area contributed by atoms with Crippen molar-refractivity contribution in [3.05, 3.63) is 37.5 Å². The number of carboxylic acid groups (broad SMARTS) is 1. The Labute approximate surface area is 159 Å². The molecule has 0 saturated carbocycles. The van der Waals surface area contributed by atoms with Crippen molar-refractivity contribution in [1.82, 2.24) is 9.88 Å². The molecule has 4 heterocycles. The summed E-state index contributed by atoms with van der Waals surface area (Å²) in [6.45, 7) is 3.80. The Morgan fingerprint density at radius 1 is 1.38 bits per heavy atom. The van der Waals surface area contributed by atoms with E-state index in [0.29, 0.717) is 43.8 Å². The number of aromatic nitrogens is 1. The summed E-state index contributed by atoms with van der Waals surface area (Å²) >= 11 is 2.91. The fourth-order valence-electron chi connectivity index (χ4n) is 3.81. The van der Waals surface area contributed by atoms with Crippen LogP contribution in [0.5, 0.6) is 0 Å². The van der Waals surface area contributed by atoms with Gasteiger partial charge in [0.15, 0.2) is 0 Å². The summed E-state index contributed by atoms with van der Waals surface area (Å²) in [5, 5.41) is 12.2. The molecule has 0 atom stereocenters. The van der Waals surface area contributed by atoms with Gasteiger partial charge in [0.05, 0.1) is 29.3 Å². The predicted octanol–water partition coefficient (Wildman–Crippen LogP) is 2.84. The van der Waals surface area contributed by atoms with Crippen LogP contribution >= 0.6 is 22.7 Å². The number of carbonyl (C=O) groups excluding carboxylic acids is 1. The Kier molecular flexibility index (Phi) is 4.58. The van der Waals surface area contributed by atoms with E-state index in [9.17, 15) is 14.7 Å². The quantitative estimate of drug-likeness (QED) is 0.869. The first-order chi connectivity index (χ1) is 12.5. The first kappa shape index (κ1) is 17.6. The molecule has 6 nitrogen and oxygen atoms in total. The maximum atomic E-state index is 12.6. The zero-order chi connectivity index (χ0) is 18.3. The van der Waals surface area contributed by atoms with Gasteiger partial charge in [-0.2, -0.15) is 0 Å². The summed E-state index contributed by atoms with van der Waals surface area (Å²) in [4.78, 5) is 31.6. The van der Waals surface area contributed by atoms with Crippen LogP contribution in [0.25, 0.3) is 0 Å². The second kappa shape index (κ2) is 6.75. The van der Waals surface area contributed by atoms with Crippen molar-refractivity contribution in [3.8, 4) is 0 Å². The van der Waals surface area contributed by atoms with E-state index < -0.39 is 11.6 Å². The van der Waals surface area contributed by atoms with Gasteiger partial charge >= 0.3 is 5.97 Å². The number of thiazole rings is 1. The van der Waals surface area contributed by atoms with Crippen LogP contribution in [0.2, 0.25) is 0 Å². The van der Waals surface area contributed by atoms with Crippen molar-refractivity contribution < 1.29 is 19.4 Å². The minimum Gasteiger partial charge on any atom is -0.477 e. The highest BCUT2D eigenvalue weighted by atomic mass is 32.1. The number of likely N-dealkylation sites (tertiary alicyclic amines) is 1. The summed E-state index contributed by atoms with van der Waals surface area (Å²) in [7, 11) is 0. The summed E-state index contributed by atoms with van der Waals surface area (Å²) < 4.78 is 6.14. The summed E-state index contributed by atoms with van der Waals surface area (Å²) in [5.74, 6) is -0.788. The van der Waals surface area contributed by atoms with Gasteiger partial charge in [0, 0.05) is 29.8 Å². The van der Waals surface area contributed by atoms with Crippen LogP contribution in [0.1, 0.15) is 43.7 Å². The second-order valence-electron chi connectivity index (χ2n) is 6.76.